The van der Waals surface area contributed by atoms with Gasteiger partial charge in [0.05, 0.1) is 11.1 Å². The first-order chi connectivity index (χ1) is 24.8. The number of allylic oxidation sites excluding steroid dienone is 2. The summed E-state index contributed by atoms with van der Waals surface area (Å²) in [6.07, 6.45) is -9.83. The molecule has 8 aliphatic heterocycles. The lowest BCUT2D eigenvalue weighted by atomic mass is 9.59. The third-order valence-corrected chi connectivity index (χ3v) is 13.0. The lowest BCUT2D eigenvalue weighted by Gasteiger charge is -2.57. The fraction of sp³-hybridized carbons (Fsp3) is 0.829. The molecule has 2 amide bonds. The van der Waals surface area contributed by atoms with Crippen LogP contribution in [-0.2, 0) is 48.1 Å². The van der Waals surface area contributed by atoms with Crippen LogP contribution < -0.4 is 10.6 Å². The number of amides is 2. The van der Waals surface area contributed by atoms with Crippen molar-refractivity contribution in [3.05, 3.63) is 22.7 Å². The quantitative estimate of drug-likeness (QED) is 0.196. The van der Waals surface area contributed by atoms with Gasteiger partial charge in [-0.1, -0.05) is 13.8 Å². The lowest BCUT2D eigenvalue weighted by Crippen LogP contribution is -2.68. The molecule has 10 aliphatic rings. The van der Waals surface area contributed by atoms with E-state index in [4.69, 9.17) is 38.5 Å². The van der Waals surface area contributed by atoms with Crippen molar-refractivity contribution in [1.29, 1.82) is 0 Å². The second-order valence-corrected chi connectivity index (χ2v) is 16.3. The number of halogens is 6. The maximum Gasteiger partial charge on any atom is 0.449 e. The molecular formula is C35H44F6N2O10. The average molecular weight is 767 g/mol. The zero-order valence-corrected chi connectivity index (χ0v) is 29.7. The van der Waals surface area contributed by atoms with Gasteiger partial charge in [-0.25, -0.2) is 19.6 Å². The molecule has 18 heteroatoms. The van der Waals surface area contributed by atoms with Crippen LogP contribution in [0.5, 0.6) is 0 Å². The number of carbonyl (C=O) groups is 2. The minimum Gasteiger partial charge on any atom is -0.456 e. The molecule has 4 unspecified atom stereocenters. The predicted octanol–water partition coefficient (Wildman–Crippen LogP) is 5.73. The number of fused-ring (bicyclic) bond motifs is 4. The van der Waals surface area contributed by atoms with Gasteiger partial charge in [-0.3, -0.25) is 9.59 Å². The van der Waals surface area contributed by atoms with Crippen LogP contribution in [0.15, 0.2) is 22.7 Å². The molecule has 0 aromatic heterocycles. The van der Waals surface area contributed by atoms with Gasteiger partial charge in [-0.05, 0) is 70.6 Å². The van der Waals surface area contributed by atoms with Gasteiger partial charge in [0.2, 0.25) is 35.7 Å². The summed E-state index contributed by atoms with van der Waals surface area (Å²) in [5.41, 5.74) is -4.23. The Morgan fingerprint density at radius 3 is 1.42 bits per heavy atom. The van der Waals surface area contributed by atoms with Gasteiger partial charge in [0.15, 0.2) is 11.2 Å². The fourth-order valence-corrected chi connectivity index (χ4v) is 10.4. The fourth-order valence-electron chi connectivity index (χ4n) is 10.4. The Hall–Kier alpha value is -2.64. The molecule has 2 spiro atoms. The molecule has 2 saturated carbocycles. The molecule has 6 saturated heterocycles. The summed E-state index contributed by atoms with van der Waals surface area (Å²) < 4.78 is 110. The van der Waals surface area contributed by atoms with Gasteiger partial charge in [0, 0.05) is 49.6 Å². The zero-order chi connectivity index (χ0) is 37.9. The molecule has 0 radical (unpaired) electrons. The van der Waals surface area contributed by atoms with Crippen LogP contribution in [0.25, 0.3) is 0 Å². The molecule has 2 N–H and O–H groups in total. The monoisotopic (exact) mass is 766 g/mol. The summed E-state index contributed by atoms with van der Waals surface area (Å²) in [6.45, 7) is 6.65. The largest absolute Gasteiger partial charge is 0.456 e. The van der Waals surface area contributed by atoms with Crippen LogP contribution in [0.2, 0.25) is 0 Å². The van der Waals surface area contributed by atoms with Crippen molar-refractivity contribution in [3.63, 3.8) is 0 Å². The van der Waals surface area contributed by atoms with Gasteiger partial charge in [0.25, 0.3) is 11.8 Å². The second-order valence-electron chi connectivity index (χ2n) is 16.3. The van der Waals surface area contributed by atoms with Crippen LogP contribution in [-0.4, -0.2) is 72.6 Å². The van der Waals surface area contributed by atoms with E-state index in [1.165, 1.54) is 0 Å². The lowest BCUT2D eigenvalue weighted by molar-refractivity contribution is -0.557. The van der Waals surface area contributed by atoms with Crippen molar-refractivity contribution in [1.82, 2.24) is 10.6 Å². The predicted molar refractivity (Wildman–Crippen MR) is 165 cm³/mol. The van der Waals surface area contributed by atoms with Gasteiger partial charge < -0.3 is 29.6 Å². The number of nitrogens with one attached hydrogen (secondary N) is 2. The first-order valence-electron chi connectivity index (χ1n) is 18.4. The minimum absolute atomic E-state index is 0.0220. The molecule has 12 atom stereocenters. The molecular weight excluding hydrogens is 722 g/mol. The van der Waals surface area contributed by atoms with E-state index in [0.717, 1.165) is 0 Å². The van der Waals surface area contributed by atoms with Crippen molar-refractivity contribution in [3.8, 4) is 0 Å². The SMILES string of the molecule is C[C@@H]1CC[C@H]2C(C(=O)NCCCNC(=O)C3=C(C(F)(F)F)O[C@@H]4OC5(C)CCC6[C@H](C)CC[C@@H]3[C@]64OO5)=C(C(F)(F)F)O[C@@H]3OC4(C)CCC1[C@]32OO4. The smallest absolute Gasteiger partial charge is 0.449 e. The van der Waals surface area contributed by atoms with Crippen molar-refractivity contribution >= 4 is 11.8 Å². The second kappa shape index (κ2) is 12.4. The van der Waals surface area contributed by atoms with E-state index in [2.05, 4.69) is 10.6 Å². The molecule has 10 rings (SSSR count). The molecule has 4 bridgehead atoms. The summed E-state index contributed by atoms with van der Waals surface area (Å²) in [4.78, 5) is 50.4. The van der Waals surface area contributed by atoms with E-state index < -0.39 is 94.0 Å². The molecule has 8 heterocycles. The van der Waals surface area contributed by atoms with Crippen LogP contribution in [0.4, 0.5) is 26.3 Å². The highest BCUT2D eigenvalue weighted by Crippen LogP contribution is 2.63. The topological polar surface area (TPSA) is 132 Å². The van der Waals surface area contributed by atoms with E-state index >= 15 is 0 Å². The Morgan fingerprint density at radius 2 is 1.04 bits per heavy atom. The number of ether oxygens (including phenoxy) is 4. The molecule has 12 nitrogen and oxygen atoms in total. The standard InChI is InChI=1S/C35H44F6N2O10/c1-16-6-8-20-22(24(34(36,37)38)46-28-32(20)18(16)10-12-30(3,48-28)50-52-32)26(44)42-14-5-15-43-27(45)23-21-9-7-17(2)19-11-13-31(4)49-29(33(19,21)53-51-31)47-25(23)35(39,40)41/h16-21,28-29H,5-15H2,1-4H3,(H,42,44)(H,43,45)/t16-,17-,18?,19?,20+,21+,28-,29-,30?,31?,32-,33-/m1/s1. The van der Waals surface area contributed by atoms with Gasteiger partial charge >= 0.3 is 12.4 Å². The van der Waals surface area contributed by atoms with Crippen molar-refractivity contribution < 1.29 is 74.4 Å². The van der Waals surface area contributed by atoms with Crippen LogP contribution in [0.3, 0.4) is 0 Å². The van der Waals surface area contributed by atoms with Crippen LogP contribution in [0, 0.1) is 35.5 Å². The highest BCUT2D eigenvalue weighted by molar-refractivity contribution is 5.96. The summed E-state index contributed by atoms with van der Waals surface area (Å²) >= 11 is 0. The van der Waals surface area contributed by atoms with Crippen LogP contribution >= 0.6 is 0 Å². The molecule has 53 heavy (non-hydrogen) atoms. The molecule has 2 aliphatic carbocycles. The number of rotatable bonds is 6. The minimum atomic E-state index is -5.04. The molecule has 296 valence electrons. The van der Waals surface area contributed by atoms with E-state index in [0.29, 0.717) is 38.5 Å². The third-order valence-electron chi connectivity index (χ3n) is 13.0. The van der Waals surface area contributed by atoms with E-state index in [1.807, 2.05) is 13.8 Å². The summed E-state index contributed by atoms with van der Waals surface area (Å²) in [6, 6.07) is 0. The van der Waals surface area contributed by atoms with E-state index in [9.17, 15) is 35.9 Å². The average Bonchev–Trinajstić information content (AvgIpc) is 3.46. The van der Waals surface area contributed by atoms with Gasteiger partial charge in [-0.15, -0.1) is 0 Å². The third kappa shape index (κ3) is 5.70. The summed E-state index contributed by atoms with van der Waals surface area (Å²) in [5, 5.41) is 5.00. The number of carbonyl (C=O) groups excluding carboxylic acids is 2. The van der Waals surface area contributed by atoms with E-state index in [-0.39, 0.29) is 56.0 Å². The Labute approximate surface area is 301 Å². The normalized spacial score (nSPS) is 44.6. The molecule has 8 fully saturated rings. The molecule has 0 aromatic carbocycles. The zero-order valence-electron chi connectivity index (χ0n) is 29.7. The Bertz CT molecular complexity index is 1490. The van der Waals surface area contributed by atoms with Crippen molar-refractivity contribution in [2.24, 2.45) is 35.5 Å². The molecule has 0 aromatic rings. The number of hydrogen-bond acceptors (Lipinski definition) is 10. The Morgan fingerprint density at radius 1 is 0.642 bits per heavy atom. The number of alkyl halides is 6. The Balaban J connectivity index is 0.987. The Kier molecular flexibility index (Phi) is 8.75. The van der Waals surface area contributed by atoms with Gasteiger partial charge in [0.1, 0.15) is 0 Å². The summed E-state index contributed by atoms with van der Waals surface area (Å²) in [5.74, 6) is -10.4. The van der Waals surface area contributed by atoms with Crippen molar-refractivity contribution in [2.75, 3.05) is 13.1 Å². The van der Waals surface area contributed by atoms with Crippen LogP contribution in [0.1, 0.15) is 85.5 Å². The highest BCUT2D eigenvalue weighted by atomic mass is 19.4. The first-order valence-corrected chi connectivity index (χ1v) is 18.4. The number of hydrogen-bond donors (Lipinski definition) is 2. The maximum atomic E-state index is 14.5. The summed E-state index contributed by atoms with van der Waals surface area (Å²) in [7, 11) is 0. The van der Waals surface area contributed by atoms with Crippen molar-refractivity contribution in [2.45, 2.75) is 133 Å². The first kappa shape index (κ1) is 37.3. The maximum absolute atomic E-state index is 14.5. The van der Waals surface area contributed by atoms with E-state index in [1.54, 1.807) is 13.8 Å². The van der Waals surface area contributed by atoms with Gasteiger partial charge in [-0.2, -0.15) is 26.3 Å². The highest BCUT2D eigenvalue weighted by Gasteiger charge is 2.72.